The molecule has 0 radical (unpaired) electrons. The van der Waals surface area contributed by atoms with Crippen molar-refractivity contribution in [1.82, 2.24) is 10.2 Å². The molecule has 0 aromatic carbocycles. The van der Waals surface area contributed by atoms with E-state index < -0.39 is 0 Å². The van der Waals surface area contributed by atoms with Crippen LogP contribution >= 0.6 is 0 Å². The smallest absolute Gasteiger partial charge is 0.0142 e. The van der Waals surface area contributed by atoms with Crippen LogP contribution in [0, 0.1) is 11.8 Å². The largest absolute Gasteiger partial charge is 0.316 e. The third-order valence-electron chi connectivity index (χ3n) is 3.60. The summed E-state index contributed by atoms with van der Waals surface area (Å²) in [5.74, 6) is 1.64. The Labute approximate surface area is 89.1 Å². The maximum atomic E-state index is 3.46. The fourth-order valence-electron chi connectivity index (χ4n) is 2.41. The van der Waals surface area contributed by atoms with Crippen LogP contribution in [0.15, 0.2) is 0 Å². The van der Waals surface area contributed by atoms with Gasteiger partial charge in [0.1, 0.15) is 0 Å². The van der Waals surface area contributed by atoms with E-state index in [0.717, 1.165) is 17.9 Å². The molecule has 1 N–H and O–H groups in total. The minimum Gasteiger partial charge on any atom is -0.316 e. The van der Waals surface area contributed by atoms with Crippen molar-refractivity contribution in [1.29, 1.82) is 0 Å². The van der Waals surface area contributed by atoms with Crippen molar-refractivity contribution in [2.75, 3.05) is 26.7 Å². The maximum Gasteiger partial charge on any atom is 0.0142 e. The molecule has 14 heavy (non-hydrogen) atoms. The summed E-state index contributed by atoms with van der Waals surface area (Å²) in [6.07, 6.45) is 2.61. The third-order valence-corrected chi connectivity index (χ3v) is 3.60. The van der Waals surface area contributed by atoms with Gasteiger partial charge in [-0.2, -0.15) is 0 Å². The Bertz CT molecular complexity index is 158. The second kappa shape index (κ2) is 5.72. The Morgan fingerprint density at radius 1 is 1.50 bits per heavy atom. The van der Waals surface area contributed by atoms with Crippen molar-refractivity contribution in [2.45, 2.75) is 39.7 Å². The number of hydrogen-bond acceptors (Lipinski definition) is 2. The first-order valence-corrected chi connectivity index (χ1v) is 6.06. The van der Waals surface area contributed by atoms with Gasteiger partial charge in [0.2, 0.25) is 0 Å². The lowest BCUT2D eigenvalue weighted by Crippen LogP contribution is -2.48. The summed E-state index contributed by atoms with van der Waals surface area (Å²) in [5, 5.41) is 3.46. The first kappa shape index (κ1) is 12.0. The predicted octanol–water partition coefficient (Wildman–Crippen LogP) is 1.96. The van der Waals surface area contributed by atoms with Crippen molar-refractivity contribution in [3.8, 4) is 0 Å². The molecule has 0 bridgehead atoms. The van der Waals surface area contributed by atoms with Gasteiger partial charge in [-0.1, -0.05) is 27.2 Å². The predicted molar refractivity (Wildman–Crippen MR) is 62.5 cm³/mol. The molecule has 0 aromatic rings. The standard InChI is InChI=1S/C12H26N2/c1-5-10(2)9-14(4)12-6-7-13-8-11(12)3/h10-13H,5-9H2,1-4H3. The fraction of sp³-hybridized carbons (Fsp3) is 1.00. The minimum atomic E-state index is 0.797. The van der Waals surface area contributed by atoms with Crippen molar-refractivity contribution in [3.05, 3.63) is 0 Å². The molecule has 1 fully saturated rings. The normalized spacial score (nSPS) is 30.6. The van der Waals surface area contributed by atoms with Gasteiger partial charge in [-0.05, 0) is 38.4 Å². The molecule has 0 aromatic heterocycles. The molecule has 1 saturated heterocycles. The van der Waals surface area contributed by atoms with Gasteiger partial charge in [-0.15, -0.1) is 0 Å². The van der Waals surface area contributed by atoms with E-state index in [-0.39, 0.29) is 0 Å². The monoisotopic (exact) mass is 198 g/mol. The number of nitrogens with zero attached hydrogens (tertiary/aromatic N) is 1. The maximum absolute atomic E-state index is 3.46. The Hall–Kier alpha value is -0.0800. The molecule has 2 nitrogen and oxygen atoms in total. The van der Waals surface area contributed by atoms with Gasteiger partial charge in [0.15, 0.2) is 0 Å². The van der Waals surface area contributed by atoms with Gasteiger partial charge in [0, 0.05) is 12.6 Å². The summed E-state index contributed by atoms with van der Waals surface area (Å²) in [6.45, 7) is 10.6. The summed E-state index contributed by atoms with van der Waals surface area (Å²) in [5.41, 5.74) is 0. The Balaban J connectivity index is 2.37. The highest BCUT2D eigenvalue weighted by atomic mass is 15.1. The summed E-state index contributed by atoms with van der Waals surface area (Å²) >= 11 is 0. The zero-order chi connectivity index (χ0) is 10.6. The first-order valence-electron chi connectivity index (χ1n) is 6.06. The van der Waals surface area contributed by atoms with Gasteiger partial charge in [-0.25, -0.2) is 0 Å². The van der Waals surface area contributed by atoms with E-state index in [1.165, 1.54) is 32.5 Å². The zero-order valence-corrected chi connectivity index (χ0v) is 10.2. The van der Waals surface area contributed by atoms with Gasteiger partial charge in [0.05, 0.1) is 0 Å². The van der Waals surface area contributed by atoms with E-state index in [1.54, 1.807) is 0 Å². The van der Waals surface area contributed by atoms with E-state index in [0.29, 0.717) is 0 Å². The zero-order valence-electron chi connectivity index (χ0n) is 10.2. The average Bonchev–Trinajstić information content (AvgIpc) is 2.18. The minimum absolute atomic E-state index is 0.797. The highest BCUT2D eigenvalue weighted by Gasteiger charge is 2.24. The molecule has 84 valence electrons. The molecule has 2 heteroatoms. The number of nitrogens with one attached hydrogen (secondary N) is 1. The Morgan fingerprint density at radius 2 is 2.21 bits per heavy atom. The second-order valence-electron chi connectivity index (χ2n) is 4.99. The van der Waals surface area contributed by atoms with Gasteiger partial charge >= 0.3 is 0 Å². The summed E-state index contributed by atoms with van der Waals surface area (Å²) in [4.78, 5) is 2.57. The number of hydrogen-bond donors (Lipinski definition) is 1. The van der Waals surface area contributed by atoms with Crippen LogP contribution in [0.25, 0.3) is 0 Å². The third kappa shape index (κ3) is 3.25. The molecule has 0 saturated carbocycles. The molecule has 3 atom stereocenters. The number of piperidine rings is 1. The van der Waals surface area contributed by atoms with E-state index in [1.807, 2.05) is 0 Å². The molecular weight excluding hydrogens is 172 g/mol. The lowest BCUT2D eigenvalue weighted by Gasteiger charge is -2.37. The Morgan fingerprint density at radius 3 is 2.79 bits per heavy atom. The Kier molecular flexibility index (Phi) is 4.90. The van der Waals surface area contributed by atoms with Gasteiger partial charge in [-0.3, -0.25) is 0 Å². The van der Waals surface area contributed by atoms with E-state index in [9.17, 15) is 0 Å². The van der Waals surface area contributed by atoms with Crippen molar-refractivity contribution in [3.63, 3.8) is 0 Å². The van der Waals surface area contributed by atoms with Crippen molar-refractivity contribution in [2.24, 2.45) is 11.8 Å². The van der Waals surface area contributed by atoms with Crippen molar-refractivity contribution >= 4 is 0 Å². The van der Waals surface area contributed by atoms with Crippen LogP contribution in [0.4, 0.5) is 0 Å². The summed E-state index contributed by atoms with van der Waals surface area (Å²) < 4.78 is 0. The average molecular weight is 198 g/mol. The fourth-order valence-corrected chi connectivity index (χ4v) is 2.41. The molecule has 1 aliphatic rings. The van der Waals surface area contributed by atoms with E-state index in [4.69, 9.17) is 0 Å². The van der Waals surface area contributed by atoms with Crippen LogP contribution in [-0.2, 0) is 0 Å². The van der Waals surface area contributed by atoms with Gasteiger partial charge in [0.25, 0.3) is 0 Å². The van der Waals surface area contributed by atoms with E-state index in [2.05, 4.69) is 38.0 Å². The first-order chi connectivity index (χ1) is 6.65. The summed E-state index contributed by atoms with van der Waals surface area (Å²) in [7, 11) is 2.29. The highest BCUT2D eigenvalue weighted by Crippen LogP contribution is 2.18. The lowest BCUT2D eigenvalue weighted by molar-refractivity contribution is 0.132. The van der Waals surface area contributed by atoms with Crippen LogP contribution in [0.3, 0.4) is 0 Å². The second-order valence-corrected chi connectivity index (χ2v) is 4.99. The van der Waals surface area contributed by atoms with E-state index >= 15 is 0 Å². The molecular formula is C12H26N2. The molecule has 0 amide bonds. The molecule has 1 rings (SSSR count). The lowest BCUT2D eigenvalue weighted by atomic mass is 9.93. The molecule has 0 spiro atoms. The van der Waals surface area contributed by atoms with Crippen LogP contribution in [0.1, 0.15) is 33.6 Å². The highest BCUT2D eigenvalue weighted by molar-refractivity contribution is 4.82. The molecule has 1 heterocycles. The quantitative estimate of drug-likeness (QED) is 0.743. The van der Waals surface area contributed by atoms with Crippen LogP contribution < -0.4 is 5.32 Å². The molecule has 0 aliphatic carbocycles. The van der Waals surface area contributed by atoms with Crippen LogP contribution in [0.5, 0.6) is 0 Å². The summed E-state index contributed by atoms with van der Waals surface area (Å²) in [6, 6.07) is 0.797. The van der Waals surface area contributed by atoms with Crippen LogP contribution in [0.2, 0.25) is 0 Å². The SMILES string of the molecule is CCC(C)CN(C)C1CCNCC1C. The van der Waals surface area contributed by atoms with Gasteiger partial charge < -0.3 is 10.2 Å². The molecule has 1 aliphatic heterocycles. The van der Waals surface area contributed by atoms with Crippen LogP contribution in [-0.4, -0.2) is 37.6 Å². The molecule has 3 unspecified atom stereocenters. The topological polar surface area (TPSA) is 15.3 Å². The van der Waals surface area contributed by atoms with Crippen molar-refractivity contribution < 1.29 is 0 Å². The number of rotatable bonds is 4.